The molecule has 0 bridgehead atoms. The van der Waals surface area contributed by atoms with Crippen molar-refractivity contribution >= 4 is 28.8 Å². The Morgan fingerprint density at radius 3 is 2.77 bits per heavy atom. The molecule has 0 unspecified atom stereocenters. The Labute approximate surface area is 205 Å². The molecule has 1 N–H and O–H groups in total. The van der Waals surface area contributed by atoms with Crippen molar-refractivity contribution in [2.45, 2.75) is 26.8 Å². The number of benzene rings is 2. The van der Waals surface area contributed by atoms with Gasteiger partial charge in [-0.2, -0.15) is 0 Å². The van der Waals surface area contributed by atoms with Gasteiger partial charge in [-0.15, -0.1) is 0 Å². The number of nitrogens with zero attached hydrogens (tertiary/aromatic N) is 3. The van der Waals surface area contributed by atoms with Crippen LogP contribution in [0.15, 0.2) is 54.7 Å². The summed E-state index contributed by atoms with van der Waals surface area (Å²) in [6.07, 6.45) is 1.81. The van der Waals surface area contributed by atoms with Gasteiger partial charge in [0.25, 0.3) is 5.91 Å². The number of para-hydroxylation sites is 1. The van der Waals surface area contributed by atoms with Crippen LogP contribution in [-0.4, -0.2) is 50.3 Å². The first-order valence-corrected chi connectivity index (χ1v) is 11.7. The third kappa shape index (κ3) is 5.38. The molecule has 4 rings (SSSR count). The number of carbonyl (C=O) groups excluding carboxylic acids is 1. The van der Waals surface area contributed by atoms with Gasteiger partial charge in [-0.1, -0.05) is 12.1 Å². The lowest BCUT2D eigenvalue weighted by atomic mass is 10.1. The van der Waals surface area contributed by atoms with E-state index in [1.54, 1.807) is 25.3 Å². The van der Waals surface area contributed by atoms with E-state index < -0.39 is 5.82 Å². The van der Waals surface area contributed by atoms with Crippen LogP contribution >= 0.6 is 0 Å². The minimum Gasteiger partial charge on any atom is -0.489 e. The molecular formula is C27H31FN4O3. The number of anilines is 4. The van der Waals surface area contributed by atoms with Crippen molar-refractivity contribution in [3.8, 4) is 5.75 Å². The van der Waals surface area contributed by atoms with Crippen molar-refractivity contribution in [1.29, 1.82) is 0 Å². The maximum Gasteiger partial charge on any atom is 0.259 e. The SMILES string of the molecule is COCCN(c1ccc(NC(=O)c2cccc3c2OCCN3c2ccc(C)cn2)cc1F)C(C)C. The largest absolute Gasteiger partial charge is 0.489 e. The summed E-state index contributed by atoms with van der Waals surface area (Å²) in [6, 6.07) is 14.2. The Bertz CT molecular complexity index is 1180. The summed E-state index contributed by atoms with van der Waals surface area (Å²) in [5.41, 5.74) is 3.07. The second-order valence-corrected chi connectivity index (χ2v) is 8.75. The van der Waals surface area contributed by atoms with E-state index in [2.05, 4.69) is 10.3 Å². The molecule has 0 spiro atoms. The van der Waals surface area contributed by atoms with Crippen molar-refractivity contribution in [2.24, 2.45) is 0 Å². The number of pyridine rings is 1. The topological polar surface area (TPSA) is 66.9 Å². The highest BCUT2D eigenvalue weighted by Gasteiger charge is 2.26. The first kappa shape index (κ1) is 24.5. The molecule has 8 heteroatoms. The highest BCUT2D eigenvalue weighted by Crippen LogP contribution is 2.38. The number of rotatable bonds is 8. The summed E-state index contributed by atoms with van der Waals surface area (Å²) in [7, 11) is 1.62. The summed E-state index contributed by atoms with van der Waals surface area (Å²) >= 11 is 0. The van der Waals surface area contributed by atoms with E-state index in [1.165, 1.54) is 6.07 Å². The molecule has 2 heterocycles. The molecule has 0 fully saturated rings. The number of aromatic nitrogens is 1. The van der Waals surface area contributed by atoms with E-state index in [0.29, 0.717) is 49.0 Å². The van der Waals surface area contributed by atoms with E-state index in [9.17, 15) is 4.79 Å². The highest BCUT2D eigenvalue weighted by molar-refractivity contribution is 6.07. The zero-order valence-corrected chi connectivity index (χ0v) is 20.5. The van der Waals surface area contributed by atoms with Crippen LogP contribution < -0.4 is 19.9 Å². The van der Waals surface area contributed by atoms with Gasteiger partial charge in [0.15, 0.2) is 5.75 Å². The van der Waals surface area contributed by atoms with Gasteiger partial charge in [-0.05, 0) is 62.7 Å². The van der Waals surface area contributed by atoms with E-state index in [0.717, 1.165) is 17.1 Å². The summed E-state index contributed by atoms with van der Waals surface area (Å²) in [5, 5.41) is 2.81. The van der Waals surface area contributed by atoms with Gasteiger partial charge in [0.05, 0.1) is 30.1 Å². The minimum atomic E-state index is -0.407. The summed E-state index contributed by atoms with van der Waals surface area (Å²) in [6.45, 7) is 8.08. The van der Waals surface area contributed by atoms with Crippen molar-refractivity contribution < 1.29 is 18.7 Å². The van der Waals surface area contributed by atoms with Crippen LogP contribution in [0.1, 0.15) is 29.8 Å². The van der Waals surface area contributed by atoms with Crippen molar-refractivity contribution in [3.05, 3.63) is 71.7 Å². The molecule has 1 aliphatic heterocycles. The fourth-order valence-corrected chi connectivity index (χ4v) is 4.15. The molecule has 0 radical (unpaired) electrons. The van der Waals surface area contributed by atoms with E-state index in [1.807, 2.05) is 61.0 Å². The van der Waals surface area contributed by atoms with Crippen molar-refractivity contribution in [3.63, 3.8) is 0 Å². The van der Waals surface area contributed by atoms with Crippen LogP contribution in [-0.2, 0) is 4.74 Å². The first-order chi connectivity index (χ1) is 16.9. The normalized spacial score (nSPS) is 12.8. The number of hydrogen-bond acceptors (Lipinski definition) is 6. The van der Waals surface area contributed by atoms with Crippen LogP contribution in [0, 0.1) is 12.7 Å². The second-order valence-electron chi connectivity index (χ2n) is 8.75. The third-order valence-corrected chi connectivity index (χ3v) is 5.94. The monoisotopic (exact) mass is 478 g/mol. The van der Waals surface area contributed by atoms with Crippen molar-refractivity contribution in [1.82, 2.24) is 4.98 Å². The number of ether oxygens (including phenoxy) is 2. The number of carbonyl (C=O) groups is 1. The predicted octanol–water partition coefficient (Wildman–Crippen LogP) is 5.17. The zero-order chi connectivity index (χ0) is 24.9. The van der Waals surface area contributed by atoms with Gasteiger partial charge in [-0.25, -0.2) is 9.37 Å². The standard InChI is InChI=1S/C27H31FN4O3/c1-18(2)31(12-14-34-4)23-10-9-20(16-22(23)28)30-27(33)21-6-5-7-24-26(21)35-15-13-32(24)25-11-8-19(3)17-29-25/h5-11,16-18H,12-15H2,1-4H3,(H,30,33). The highest BCUT2D eigenvalue weighted by atomic mass is 19.1. The lowest BCUT2D eigenvalue weighted by molar-refractivity contribution is 0.102. The number of halogens is 1. The molecule has 184 valence electrons. The number of hydrogen-bond donors (Lipinski definition) is 1. The molecule has 1 aromatic heterocycles. The summed E-state index contributed by atoms with van der Waals surface area (Å²) in [5.74, 6) is 0.503. The Kier molecular flexibility index (Phi) is 7.51. The average Bonchev–Trinajstić information content (AvgIpc) is 2.85. The molecule has 0 saturated heterocycles. The van der Waals surface area contributed by atoms with Gasteiger partial charge in [0.2, 0.25) is 0 Å². The lowest BCUT2D eigenvalue weighted by Gasteiger charge is -2.31. The van der Waals surface area contributed by atoms with E-state index in [-0.39, 0.29) is 11.9 Å². The molecule has 0 atom stereocenters. The number of fused-ring (bicyclic) bond motifs is 1. The molecule has 1 aliphatic rings. The maximum absolute atomic E-state index is 15.0. The fraction of sp³-hybridized carbons (Fsp3) is 0.333. The number of aryl methyl sites for hydroxylation is 1. The Morgan fingerprint density at radius 2 is 2.09 bits per heavy atom. The Balaban J connectivity index is 1.56. The second kappa shape index (κ2) is 10.7. The molecule has 0 saturated carbocycles. The lowest BCUT2D eigenvalue weighted by Crippen LogP contribution is -2.34. The van der Waals surface area contributed by atoms with Crippen LogP contribution in [0.5, 0.6) is 5.75 Å². The van der Waals surface area contributed by atoms with Gasteiger partial charge >= 0.3 is 0 Å². The molecule has 1 amide bonds. The molecular weight excluding hydrogens is 447 g/mol. The number of amides is 1. The fourth-order valence-electron chi connectivity index (χ4n) is 4.15. The first-order valence-electron chi connectivity index (χ1n) is 11.7. The smallest absolute Gasteiger partial charge is 0.259 e. The quantitative estimate of drug-likeness (QED) is 0.482. The van der Waals surface area contributed by atoms with Crippen molar-refractivity contribution in [2.75, 3.05) is 48.5 Å². The molecule has 0 aliphatic carbocycles. The van der Waals surface area contributed by atoms with Crippen LogP contribution in [0.3, 0.4) is 0 Å². The molecule has 35 heavy (non-hydrogen) atoms. The van der Waals surface area contributed by atoms with Gasteiger partial charge in [-0.3, -0.25) is 4.79 Å². The number of methoxy groups -OCH3 is 1. The minimum absolute atomic E-state index is 0.0963. The van der Waals surface area contributed by atoms with Crippen LogP contribution in [0.2, 0.25) is 0 Å². The Morgan fingerprint density at radius 1 is 1.26 bits per heavy atom. The summed E-state index contributed by atoms with van der Waals surface area (Å²) in [4.78, 5) is 21.7. The third-order valence-electron chi connectivity index (χ3n) is 5.94. The maximum atomic E-state index is 15.0. The number of nitrogens with one attached hydrogen (secondary N) is 1. The summed E-state index contributed by atoms with van der Waals surface area (Å²) < 4.78 is 26.1. The van der Waals surface area contributed by atoms with E-state index >= 15 is 4.39 Å². The average molecular weight is 479 g/mol. The van der Waals surface area contributed by atoms with Crippen LogP contribution in [0.25, 0.3) is 0 Å². The van der Waals surface area contributed by atoms with E-state index in [4.69, 9.17) is 9.47 Å². The van der Waals surface area contributed by atoms with Gasteiger partial charge < -0.3 is 24.6 Å². The predicted molar refractivity (Wildman–Crippen MR) is 137 cm³/mol. The Hall–Kier alpha value is -3.65. The molecule has 2 aromatic carbocycles. The van der Waals surface area contributed by atoms with Crippen LogP contribution in [0.4, 0.5) is 27.3 Å². The van der Waals surface area contributed by atoms with Gasteiger partial charge in [0, 0.05) is 31.6 Å². The molecule has 7 nitrogen and oxygen atoms in total. The zero-order valence-electron chi connectivity index (χ0n) is 20.5. The molecule has 3 aromatic rings. The van der Waals surface area contributed by atoms with Gasteiger partial charge in [0.1, 0.15) is 18.2 Å².